The number of para-hydroxylation sites is 1. The van der Waals surface area contributed by atoms with Crippen LogP contribution in [0.15, 0.2) is 35.9 Å². The van der Waals surface area contributed by atoms with Crippen molar-refractivity contribution in [2.45, 2.75) is 25.9 Å². The maximum atomic E-state index is 9.95. The van der Waals surface area contributed by atoms with E-state index < -0.39 is 0 Å². The highest BCUT2D eigenvalue weighted by molar-refractivity contribution is 5.36. The van der Waals surface area contributed by atoms with E-state index >= 15 is 0 Å². The van der Waals surface area contributed by atoms with Crippen LogP contribution in [0.1, 0.15) is 31.4 Å². The number of hydrogen-bond acceptors (Lipinski definition) is 2. The molecular formula is C15H18O2. The smallest absolute Gasteiger partial charge is 0.121 e. The van der Waals surface area contributed by atoms with Crippen molar-refractivity contribution in [3.8, 4) is 5.75 Å². The summed E-state index contributed by atoms with van der Waals surface area (Å²) >= 11 is 0. The third-order valence-electron chi connectivity index (χ3n) is 4.07. The predicted molar refractivity (Wildman–Crippen MR) is 66.8 cm³/mol. The van der Waals surface area contributed by atoms with Gasteiger partial charge in [-0.1, -0.05) is 29.8 Å². The molecule has 1 fully saturated rings. The van der Waals surface area contributed by atoms with Crippen molar-refractivity contribution in [1.29, 1.82) is 0 Å². The molecule has 90 valence electrons. The first-order valence-electron chi connectivity index (χ1n) is 6.32. The average Bonchev–Trinajstić information content (AvgIpc) is 2.36. The first-order chi connectivity index (χ1) is 8.25. The topological polar surface area (TPSA) is 29.5 Å². The fourth-order valence-electron chi connectivity index (χ4n) is 3.03. The van der Waals surface area contributed by atoms with Crippen LogP contribution in [0.3, 0.4) is 0 Å². The Morgan fingerprint density at radius 2 is 2.12 bits per heavy atom. The van der Waals surface area contributed by atoms with Crippen molar-refractivity contribution >= 4 is 0 Å². The molecule has 2 nitrogen and oxygen atoms in total. The maximum absolute atomic E-state index is 9.95. The predicted octanol–water partition coefficient (Wildman–Crippen LogP) is 3.44. The van der Waals surface area contributed by atoms with E-state index in [1.165, 1.54) is 12.0 Å². The summed E-state index contributed by atoms with van der Waals surface area (Å²) in [4.78, 5) is 0. The highest BCUT2D eigenvalue weighted by Gasteiger charge is 2.36. The van der Waals surface area contributed by atoms with E-state index in [1.807, 2.05) is 18.2 Å². The monoisotopic (exact) mass is 230 g/mol. The molecule has 0 radical (unpaired) electrons. The molecule has 1 aliphatic carbocycles. The third kappa shape index (κ3) is 1.87. The number of ether oxygens (including phenoxy) is 1. The van der Waals surface area contributed by atoms with Crippen LogP contribution in [-0.2, 0) is 4.74 Å². The standard InChI is InChI=1S/C15H18O2/c1-10-6-7-11-8-13(10)15(17-9-11)12-4-2-3-5-14(12)16/h2-6,11,13,15-16H,7-9H2,1H3/t11-,13+,15-/m0/s1. The van der Waals surface area contributed by atoms with Gasteiger partial charge in [0, 0.05) is 11.5 Å². The fourth-order valence-corrected chi connectivity index (χ4v) is 3.03. The number of fused-ring (bicyclic) bond motifs is 2. The molecule has 0 amide bonds. The molecule has 1 N–H and O–H groups in total. The molecule has 3 atom stereocenters. The number of aromatic hydroxyl groups is 1. The Morgan fingerprint density at radius 1 is 1.29 bits per heavy atom. The van der Waals surface area contributed by atoms with Crippen molar-refractivity contribution in [2.75, 3.05) is 6.61 Å². The third-order valence-corrected chi connectivity index (χ3v) is 4.07. The van der Waals surface area contributed by atoms with Gasteiger partial charge < -0.3 is 9.84 Å². The van der Waals surface area contributed by atoms with E-state index in [2.05, 4.69) is 13.0 Å². The molecule has 2 aliphatic rings. The average molecular weight is 230 g/mol. The molecule has 1 saturated heterocycles. The molecule has 0 unspecified atom stereocenters. The fraction of sp³-hybridized carbons (Fsp3) is 0.467. The minimum atomic E-state index is 0.0315. The van der Waals surface area contributed by atoms with E-state index in [1.54, 1.807) is 6.07 Å². The number of allylic oxidation sites excluding steroid dienone is 1. The van der Waals surface area contributed by atoms with Crippen molar-refractivity contribution < 1.29 is 9.84 Å². The second-order valence-electron chi connectivity index (χ2n) is 5.20. The molecule has 3 rings (SSSR count). The number of benzene rings is 1. The van der Waals surface area contributed by atoms with Crippen LogP contribution in [-0.4, -0.2) is 11.7 Å². The first-order valence-corrected chi connectivity index (χ1v) is 6.32. The summed E-state index contributed by atoms with van der Waals surface area (Å²) in [7, 11) is 0. The Balaban J connectivity index is 1.96. The Kier molecular flexibility index (Phi) is 2.67. The zero-order valence-corrected chi connectivity index (χ0v) is 10.1. The lowest BCUT2D eigenvalue weighted by Crippen LogP contribution is -2.32. The Labute approximate surface area is 102 Å². The molecular weight excluding hydrogens is 212 g/mol. The quantitative estimate of drug-likeness (QED) is 0.749. The van der Waals surface area contributed by atoms with Crippen LogP contribution in [0.4, 0.5) is 0 Å². The largest absolute Gasteiger partial charge is 0.508 e. The Morgan fingerprint density at radius 3 is 2.94 bits per heavy atom. The molecule has 1 heterocycles. The highest BCUT2D eigenvalue weighted by atomic mass is 16.5. The van der Waals surface area contributed by atoms with E-state index in [0.29, 0.717) is 17.6 Å². The van der Waals surface area contributed by atoms with Crippen LogP contribution in [0.5, 0.6) is 5.75 Å². The maximum Gasteiger partial charge on any atom is 0.121 e. The molecule has 17 heavy (non-hydrogen) atoms. The molecule has 2 heteroatoms. The van der Waals surface area contributed by atoms with Crippen molar-refractivity contribution in [3.63, 3.8) is 0 Å². The van der Waals surface area contributed by atoms with Crippen LogP contribution >= 0.6 is 0 Å². The lowest BCUT2D eigenvalue weighted by atomic mass is 9.75. The van der Waals surface area contributed by atoms with Gasteiger partial charge in [-0.25, -0.2) is 0 Å². The molecule has 1 aromatic rings. The van der Waals surface area contributed by atoms with Crippen molar-refractivity contribution in [3.05, 3.63) is 41.5 Å². The molecule has 0 aromatic heterocycles. The highest BCUT2D eigenvalue weighted by Crippen LogP contribution is 2.45. The molecule has 1 aromatic carbocycles. The SMILES string of the molecule is CC1=CC[C@@H]2CO[C@@H](c3ccccc3O)[C@@H]1C2. The van der Waals surface area contributed by atoms with Gasteiger partial charge in [-0.15, -0.1) is 0 Å². The Bertz CT molecular complexity index is 450. The zero-order chi connectivity index (χ0) is 11.8. The van der Waals surface area contributed by atoms with Gasteiger partial charge in [-0.3, -0.25) is 0 Å². The summed E-state index contributed by atoms with van der Waals surface area (Å²) < 4.78 is 5.98. The van der Waals surface area contributed by atoms with Crippen LogP contribution in [0.2, 0.25) is 0 Å². The van der Waals surface area contributed by atoms with E-state index in [0.717, 1.165) is 18.6 Å². The summed E-state index contributed by atoms with van der Waals surface area (Å²) in [6.45, 7) is 3.00. The van der Waals surface area contributed by atoms with Crippen molar-refractivity contribution in [1.82, 2.24) is 0 Å². The summed E-state index contributed by atoms with van der Waals surface area (Å²) in [5.74, 6) is 1.47. The number of rotatable bonds is 1. The number of phenols is 1. The molecule has 0 saturated carbocycles. The number of hydrogen-bond donors (Lipinski definition) is 1. The van der Waals surface area contributed by atoms with Gasteiger partial charge in [0.2, 0.25) is 0 Å². The molecule has 2 bridgehead atoms. The van der Waals surface area contributed by atoms with Crippen LogP contribution in [0, 0.1) is 11.8 Å². The van der Waals surface area contributed by atoms with Gasteiger partial charge in [-0.05, 0) is 31.7 Å². The van der Waals surface area contributed by atoms with E-state index in [4.69, 9.17) is 4.74 Å². The lowest BCUT2D eigenvalue weighted by molar-refractivity contribution is -0.0521. The van der Waals surface area contributed by atoms with E-state index in [9.17, 15) is 5.11 Å². The van der Waals surface area contributed by atoms with Crippen LogP contribution in [0.25, 0.3) is 0 Å². The summed E-state index contributed by atoms with van der Waals surface area (Å²) in [5, 5.41) is 9.95. The second kappa shape index (κ2) is 4.19. The first kappa shape index (κ1) is 10.8. The lowest BCUT2D eigenvalue weighted by Gasteiger charge is -2.40. The van der Waals surface area contributed by atoms with Gasteiger partial charge in [-0.2, -0.15) is 0 Å². The summed E-state index contributed by atoms with van der Waals surface area (Å²) in [6.07, 6.45) is 4.72. The van der Waals surface area contributed by atoms with Gasteiger partial charge in [0.05, 0.1) is 12.7 Å². The van der Waals surface area contributed by atoms with Gasteiger partial charge >= 0.3 is 0 Å². The minimum Gasteiger partial charge on any atom is -0.508 e. The van der Waals surface area contributed by atoms with Gasteiger partial charge in [0.25, 0.3) is 0 Å². The normalized spacial score (nSPS) is 32.1. The Hall–Kier alpha value is -1.28. The molecule has 0 spiro atoms. The number of phenolic OH excluding ortho intramolecular Hbond substituents is 1. The van der Waals surface area contributed by atoms with Crippen LogP contribution < -0.4 is 0 Å². The second-order valence-corrected chi connectivity index (χ2v) is 5.20. The molecule has 1 aliphatic heterocycles. The van der Waals surface area contributed by atoms with Gasteiger partial charge in [0.1, 0.15) is 5.75 Å². The van der Waals surface area contributed by atoms with Gasteiger partial charge in [0.15, 0.2) is 0 Å². The van der Waals surface area contributed by atoms with E-state index in [-0.39, 0.29) is 6.10 Å². The van der Waals surface area contributed by atoms with Crippen molar-refractivity contribution in [2.24, 2.45) is 11.8 Å². The zero-order valence-electron chi connectivity index (χ0n) is 10.1. The minimum absolute atomic E-state index is 0.0315. The summed E-state index contributed by atoms with van der Waals surface area (Å²) in [5.41, 5.74) is 2.35. The summed E-state index contributed by atoms with van der Waals surface area (Å²) in [6, 6.07) is 7.54.